The molecule has 0 unspecified atom stereocenters. The van der Waals surface area contributed by atoms with Crippen molar-refractivity contribution in [1.29, 1.82) is 0 Å². The van der Waals surface area contributed by atoms with Crippen LogP contribution in [-0.2, 0) is 19.5 Å². The Morgan fingerprint density at radius 1 is 1.03 bits per heavy atom. The van der Waals surface area contributed by atoms with Crippen molar-refractivity contribution in [2.75, 3.05) is 11.9 Å². The molecule has 32 heavy (non-hydrogen) atoms. The standard InChI is InChI=1S/C24H22FN7/c1-16-27-11-17(12-28-16)14-32-10-8-22-21(15-32)24(29-20-6-4-19(25)5-7-20)31-23(30-22)18-3-2-9-26-13-18/h2-7,9,11-13H,8,10,14-15H2,1H3,(H,29,30,31). The number of halogens is 1. The van der Waals surface area contributed by atoms with Crippen molar-refractivity contribution in [2.45, 2.75) is 26.4 Å². The Bertz CT molecular complexity index is 1210. The summed E-state index contributed by atoms with van der Waals surface area (Å²) < 4.78 is 13.4. The Hall–Kier alpha value is -3.78. The molecule has 8 heteroatoms. The largest absolute Gasteiger partial charge is 0.340 e. The second-order valence-corrected chi connectivity index (χ2v) is 7.79. The summed E-state index contributed by atoms with van der Waals surface area (Å²) >= 11 is 0. The van der Waals surface area contributed by atoms with Gasteiger partial charge in [-0.25, -0.2) is 24.3 Å². The summed E-state index contributed by atoms with van der Waals surface area (Å²) in [5.41, 5.74) is 4.76. The fraction of sp³-hybridized carbons (Fsp3) is 0.208. The lowest BCUT2D eigenvalue weighted by Gasteiger charge is -2.29. The molecule has 0 fully saturated rings. The third kappa shape index (κ3) is 4.45. The summed E-state index contributed by atoms with van der Waals surface area (Å²) in [5.74, 6) is 1.84. The van der Waals surface area contributed by atoms with Gasteiger partial charge < -0.3 is 5.32 Å². The van der Waals surface area contributed by atoms with Gasteiger partial charge in [-0.05, 0) is 43.3 Å². The Morgan fingerprint density at radius 3 is 2.59 bits per heavy atom. The molecular formula is C24H22FN7. The van der Waals surface area contributed by atoms with Crippen LogP contribution < -0.4 is 5.32 Å². The maximum absolute atomic E-state index is 13.4. The number of aromatic nitrogens is 5. The molecule has 0 atom stereocenters. The van der Waals surface area contributed by atoms with Gasteiger partial charge in [0.2, 0.25) is 0 Å². The second kappa shape index (κ2) is 8.76. The molecule has 7 nitrogen and oxygen atoms in total. The Morgan fingerprint density at radius 2 is 1.84 bits per heavy atom. The SMILES string of the molecule is Cc1ncc(CN2CCc3nc(-c4cccnc4)nc(Nc4ccc(F)cc4)c3C2)cn1. The number of nitrogens with zero attached hydrogens (tertiary/aromatic N) is 6. The van der Waals surface area contributed by atoms with E-state index in [0.29, 0.717) is 12.4 Å². The molecule has 1 aliphatic rings. The summed E-state index contributed by atoms with van der Waals surface area (Å²) in [6.45, 7) is 4.20. The molecule has 5 rings (SSSR count). The van der Waals surface area contributed by atoms with Gasteiger partial charge >= 0.3 is 0 Å². The summed E-state index contributed by atoms with van der Waals surface area (Å²) in [7, 11) is 0. The highest BCUT2D eigenvalue weighted by atomic mass is 19.1. The van der Waals surface area contributed by atoms with E-state index in [1.54, 1.807) is 24.5 Å². The van der Waals surface area contributed by atoms with Crippen molar-refractivity contribution in [3.8, 4) is 11.4 Å². The third-order valence-corrected chi connectivity index (χ3v) is 5.41. The van der Waals surface area contributed by atoms with E-state index in [1.807, 2.05) is 31.5 Å². The molecule has 0 saturated carbocycles. The number of anilines is 2. The summed E-state index contributed by atoms with van der Waals surface area (Å²) in [6, 6.07) is 10.1. The van der Waals surface area contributed by atoms with Crippen LogP contribution >= 0.6 is 0 Å². The van der Waals surface area contributed by atoms with Gasteiger partial charge in [-0.3, -0.25) is 9.88 Å². The number of fused-ring (bicyclic) bond motifs is 1. The lowest BCUT2D eigenvalue weighted by atomic mass is 10.0. The number of pyridine rings is 1. The zero-order valence-electron chi connectivity index (χ0n) is 17.7. The Labute approximate surface area is 185 Å². The van der Waals surface area contributed by atoms with Gasteiger partial charge in [0.1, 0.15) is 17.5 Å². The molecule has 1 aromatic carbocycles. The van der Waals surface area contributed by atoms with E-state index in [0.717, 1.165) is 59.2 Å². The highest BCUT2D eigenvalue weighted by Crippen LogP contribution is 2.29. The number of nitrogens with one attached hydrogen (secondary N) is 1. The number of benzene rings is 1. The van der Waals surface area contributed by atoms with Gasteiger partial charge in [0.15, 0.2) is 5.82 Å². The van der Waals surface area contributed by atoms with Crippen LogP contribution in [0.2, 0.25) is 0 Å². The number of hydrogen-bond donors (Lipinski definition) is 1. The van der Waals surface area contributed by atoms with Gasteiger partial charge in [-0.2, -0.15) is 0 Å². The minimum absolute atomic E-state index is 0.275. The number of hydrogen-bond acceptors (Lipinski definition) is 7. The molecule has 0 radical (unpaired) electrons. The minimum Gasteiger partial charge on any atom is -0.340 e. The summed E-state index contributed by atoms with van der Waals surface area (Å²) in [4.78, 5) is 24.8. The van der Waals surface area contributed by atoms with Crippen molar-refractivity contribution in [1.82, 2.24) is 29.8 Å². The average Bonchev–Trinajstić information content (AvgIpc) is 2.83. The highest BCUT2D eigenvalue weighted by Gasteiger charge is 2.23. The first-order valence-electron chi connectivity index (χ1n) is 10.5. The van der Waals surface area contributed by atoms with Gasteiger partial charge in [-0.15, -0.1) is 0 Å². The van der Waals surface area contributed by atoms with Gasteiger partial charge in [0.05, 0.1) is 5.69 Å². The van der Waals surface area contributed by atoms with E-state index in [-0.39, 0.29) is 5.82 Å². The molecular weight excluding hydrogens is 405 g/mol. The van der Waals surface area contributed by atoms with Crippen LogP contribution in [0, 0.1) is 12.7 Å². The topological polar surface area (TPSA) is 79.7 Å². The molecule has 1 aliphatic heterocycles. The van der Waals surface area contributed by atoms with Crippen molar-refractivity contribution < 1.29 is 4.39 Å². The molecule has 160 valence electrons. The maximum Gasteiger partial charge on any atom is 0.163 e. The summed E-state index contributed by atoms with van der Waals surface area (Å²) in [6.07, 6.45) is 8.03. The highest BCUT2D eigenvalue weighted by molar-refractivity contribution is 5.65. The molecule has 4 heterocycles. The molecule has 3 aromatic heterocycles. The lowest BCUT2D eigenvalue weighted by molar-refractivity contribution is 0.243. The lowest BCUT2D eigenvalue weighted by Crippen LogP contribution is -2.31. The molecule has 0 saturated heterocycles. The second-order valence-electron chi connectivity index (χ2n) is 7.79. The number of aryl methyl sites for hydroxylation is 1. The van der Waals surface area contributed by atoms with Gasteiger partial charge in [0, 0.05) is 73.2 Å². The molecule has 1 N–H and O–H groups in total. The van der Waals surface area contributed by atoms with E-state index in [4.69, 9.17) is 9.97 Å². The van der Waals surface area contributed by atoms with E-state index in [2.05, 4.69) is 25.2 Å². The maximum atomic E-state index is 13.4. The van der Waals surface area contributed by atoms with Crippen LogP contribution in [0.25, 0.3) is 11.4 Å². The Balaban J connectivity index is 1.48. The normalized spacial score (nSPS) is 13.6. The Kier molecular flexibility index (Phi) is 5.51. The number of rotatable bonds is 5. The first-order valence-corrected chi connectivity index (χ1v) is 10.5. The zero-order chi connectivity index (χ0) is 21.9. The van der Waals surface area contributed by atoms with E-state index >= 15 is 0 Å². The van der Waals surface area contributed by atoms with E-state index < -0.39 is 0 Å². The van der Waals surface area contributed by atoms with Crippen molar-refractivity contribution in [3.05, 3.63) is 89.6 Å². The minimum atomic E-state index is -0.275. The van der Waals surface area contributed by atoms with Crippen LogP contribution in [0.4, 0.5) is 15.9 Å². The fourth-order valence-corrected chi connectivity index (χ4v) is 3.76. The predicted octanol–water partition coefficient (Wildman–Crippen LogP) is 4.08. The average molecular weight is 427 g/mol. The molecule has 0 aliphatic carbocycles. The van der Waals surface area contributed by atoms with E-state index in [1.165, 1.54) is 12.1 Å². The van der Waals surface area contributed by atoms with Crippen LogP contribution in [0.15, 0.2) is 61.2 Å². The van der Waals surface area contributed by atoms with Gasteiger partial charge in [-0.1, -0.05) is 0 Å². The predicted molar refractivity (Wildman–Crippen MR) is 120 cm³/mol. The smallest absolute Gasteiger partial charge is 0.163 e. The monoisotopic (exact) mass is 427 g/mol. The van der Waals surface area contributed by atoms with Gasteiger partial charge in [0.25, 0.3) is 0 Å². The fourth-order valence-electron chi connectivity index (χ4n) is 3.76. The van der Waals surface area contributed by atoms with Crippen LogP contribution in [0.5, 0.6) is 0 Å². The molecule has 0 bridgehead atoms. The van der Waals surface area contributed by atoms with Crippen molar-refractivity contribution >= 4 is 11.5 Å². The van der Waals surface area contributed by atoms with E-state index in [9.17, 15) is 4.39 Å². The van der Waals surface area contributed by atoms with Crippen LogP contribution in [0.1, 0.15) is 22.6 Å². The molecule has 0 spiro atoms. The van der Waals surface area contributed by atoms with Crippen molar-refractivity contribution in [3.63, 3.8) is 0 Å². The first kappa shape index (κ1) is 20.1. The van der Waals surface area contributed by atoms with Crippen molar-refractivity contribution in [2.24, 2.45) is 0 Å². The molecule has 0 amide bonds. The quantitative estimate of drug-likeness (QED) is 0.514. The summed E-state index contributed by atoms with van der Waals surface area (Å²) in [5, 5.41) is 3.37. The molecule has 4 aromatic rings. The van der Waals surface area contributed by atoms with Crippen LogP contribution in [0.3, 0.4) is 0 Å². The first-order chi connectivity index (χ1) is 15.6. The zero-order valence-corrected chi connectivity index (χ0v) is 17.7. The van der Waals surface area contributed by atoms with Crippen LogP contribution in [-0.4, -0.2) is 36.4 Å². The third-order valence-electron chi connectivity index (χ3n) is 5.41.